The normalized spacial score (nSPS) is 17.9. The lowest BCUT2D eigenvalue weighted by Crippen LogP contribution is -2.49. The molecule has 1 fully saturated rings. The number of ketones is 1. The fourth-order valence-corrected chi connectivity index (χ4v) is 5.05. The van der Waals surface area contributed by atoms with Gasteiger partial charge in [-0.05, 0) is 53.3 Å². The first-order valence-corrected chi connectivity index (χ1v) is 14.0. The standard InChI is InChI=1S/C32H34F4N2O4/c33-30-8-4-7-24(17-26(39)18-29(22-5-2-1-3-6-22)23-12-15-37-16-13-23)28(30)10-9-27-19-38-25(20-41-27)21-42-31(40)11-14-32(34,35)36/h1-8,12-13,15-16,25,27,29,38H,9-11,14,17-21H2/t25-,27+,29+/m0/s1. The Balaban J connectivity index is 1.29. The van der Waals surface area contributed by atoms with Gasteiger partial charge in [-0.25, -0.2) is 4.39 Å². The lowest BCUT2D eigenvalue weighted by Gasteiger charge is -2.30. The van der Waals surface area contributed by atoms with E-state index in [4.69, 9.17) is 9.47 Å². The van der Waals surface area contributed by atoms with Gasteiger partial charge in [0.15, 0.2) is 0 Å². The number of hydrogen-bond acceptors (Lipinski definition) is 6. The third kappa shape index (κ3) is 9.73. The molecule has 3 aromatic rings. The van der Waals surface area contributed by atoms with E-state index in [9.17, 15) is 27.2 Å². The zero-order valence-corrected chi connectivity index (χ0v) is 23.1. The van der Waals surface area contributed by atoms with Crippen molar-refractivity contribution in [1.29, 1.82) is 0 Å². The van der Waals surface area contributed by atoms with Crippen molar-refractivity contribution in [2.45, 2.75) is 62.8 Å². The van der Waals surface area contributed by atoms with E-state index in [1.807, 2.05) is 42.5 Å². The van der Waals surface area contributed by atoms with Crippen LogP contribution in [0.3, 0.4) is 0 Å². The number of morpholine rings is 1. The maximum atomic E-state index is 14.9. The Kier molecular flexibility index (Phi) is 11.2. The molecular weight excluding hydrogens is 552 g/mol. The molecule has 0 bridgehead atoms. The van der Waals surface area contributed by atoms with E-state index in [1.54, 1.807) is 24.5 Å². The molecule has 4 rings (SSSR count). The Bertz CT molecular complexity index is 1260. The summed E-state index contributed by atoms with van der Waals surface area (Å²) < 4.78 is 62.5. The van der Waals surface area contributed by atoms with Crippen molar-refractivity contribution in [1.82, 2.24) is 10.3 Å². The molecule has 1 N–H and O–H groups in total. The highest BCUT2D eigenvalue weighted by molar-refractivity contribution is 5.82. The van der Waals surface area contributed by atoms with Crippen LogP contribution in [0.15, 0.2) is 73.1 Å². The van der Waals surface area contributed by atoms with E-state index in [2.05, 4.69) is 10.3 Å². The number of rotatable bonds is 13. The van der Waals surface area contributed by atoms with Crippen molar-refractivity contribution < 1.29 is 36.6 Å². The molecule has 1 aliphatic heterocycles. The van der Waals surface area contributed by atoms with Gasteiger partial charge in [-0.3, -0.25) is 14.6 Å². The Hall–Kier alpha value is -3.63. The highest BCUT2D eigenvalue weighted by atomic mass is 19.4. The fourth-order valence-electron chi connectivity index (χ4n) is 5.05. The molecule has 1 aromatic heterocycles. The number of ether oxygens (including phenoxy) is 2. The molecule has 1 aliphatic rings. The number of aromatic nitrogens is 1. The summed E-state index contributed by atoms with van der Waals surface area (Å²) in [5.74, 6) is -1.43. The van der Waals surface area contributed by atoms with E-state index in [0.29, 0.717) is 30.5 Å². The molecule has 0 spiro atoms. The van der Waals surface area contributed by atoms with Crippen LogP contribution in [0.5, 0.6) is 0 Å². The number of halogens is 4. The van der Waals surface area contributed by atoms with E-state index in [1.165, 1.54) is 6.07 Å². The van der Waals surface area contributed by atoms with Crippen LogP contribution in [0.1, 0.15) is 53.9 Å². The Morgan fingerprint density at radius 2 is 1.76 bits per heavy atom. The molecule has 0 aliphatic carbocycles. The van der Waals surface area contributed by atoms with E-state index in [0.717, 1.165) is 11.1 Å². The highest BCUT2D eigenvalue weighted by Gasteiger charge is 2.29. The summed E-state index contributed by atoms with van der Waals surface area (Å²) in [7, 11) is 0. The van der Waals surface area contributed by atoms with Crippen molar-refractivity contribution >= 4 is 11.8 Å². The summed E-state index contributed by atoms with van der Waals surface area (Å²) in [5.41, 5.74) is 3.14. The zero-order chi connectivity index (χ0) is 30.0. The quantitative estimate of drug-likeness (QED) is 0.204. The minimum Gasteiger partial charge on any atom is -0.464 e. The molecule has 6 nitrogen and oxygen atoms in total. The van der Waals surface area contributed by atoms with Gasteiger partial charge in [0, 0.05) is 37.7 Å². The number of alkyl halides is 3. The van der Waals surface area contributed by atoms with Crippen molar-refractivity contribution in [3.05, 3.63) is 101 Å². The lowest BCUT2D eigenvalue weighted by atomic mass is 9.86. The van der Waals surface area contributed by atoms with Crippen LogP contribution >= 0.6 is 0 Å². The lowest BCUT2D eigenvalue weighted by molar-refractivity contribution is -0.158. The molecule has 3 atom stereocenters. The minimum atomic E-state index is -4.41. The van der Waals surface area contributed by atoms with Crippen LogP contribution in [0, 0.1) is 5.82 Å². The molecule has 0 unspecified atom stereocenters. The number of carbonyl (C=O) groups excluding carboxylic acids is 2. The van der Waals surface area contributed by atoms with Crippen LogP contribution in [0.25, 0.3) is 0 Å². The smallest absolute Gasteiger partial charge is 0.389 e. The number of benzene rings is 2. The molecule has 0 amide bonds. The highest BCUT2D eigenvalue weighted by Crippen LogP contribution is 2.29. The van der Waals surface area contributed by atoms with Gasteiger partial charge in [0.1, 0.15) is 18.2 Å². The van der Waals surface area contributed by atoms with Crippen molar-refractivity contribution in [3.63, 3.8) is 0 Å². The number of esters is 1. The van der Waals surface area contributed by atoms with Crippen LogP contribution < -0.4 is 5.32 Å². The number of nitrogens with one attached hydrogen (secondary N) is 1. The largest absolute Gasteiger partial charge is 0.464 e. The van der Waals surface area contributed by atoms with Gasteiger partial charge in [-0.1, -0.05) is 42.5 Å². The van der Waals surface area contributed by atoms with Crippen LogP contribution in [0.4, 0.5) is 17.6 Å². The molecule has 2 heterocycles. The van der Waals surface area contributed by atoms with Gasteiger partial charge in [0.05, 0.1) is 31.6 Å². The van der Waals surface area contributed by atoms with E-state index < -0.39 is 25.0 Å². The molecule has 10 heteroatoms. The maximum Gasteiger partial charge on any atom is 0.389 e. The maximum absolute atomic E-state index is 14.9. The number of carbonyl (C=O) groups is 2. The topological polar surface area (TPSA) is 77.5 Å². The van der Waals surface area contributed by atoms with Gasteiger partial charge in [0.25, 0.3) is 0 Å². The van der Waals surface area contributed by atoms with Gasteiger partial charge in [-0.15, -0.1) is 0 Å². The molecule has 224 valence electrons. The summed E-state index contributed by atoms with van der Waals surface area (Å²) in [4.78, 5) is 28.9. The number of pyridine rings is 1. The second kappa shape index (κ2) is 15.0. The molecule has 0 radical (unpaired) electrons. The minimum absolute atomic E-state index is 0.00396. The first-order chi connectivity index (χ1) is 20.2. The number of Topliss-reactive ketones (excluding diaryl/α,β-unsaturated/α-hetero) is 1. The second-order valence-corrected chi connectivity index (χ2v) is 10.4. The van der Waals surface area contributed by atoms with E-state index in [-0.39, 0.29) is 55.7 Å². The van der Waals surface area contributed by atoms with Gasteiger partial charge in [-0.2, -0.15) is 13.2 Å². The predicted molar refractivity (Wildman–Crippen MR) is 148 cm³/mol. The average molecular weight is 587 g/mol. The fraction of sp³-hybridized carbons (Fsp3) is 0.406. The first kappa shape index (κ1) is 31.3. The molecule has 42 heavy (non-hydrogen) atoms. The SMILES string of the molecule is O=C(Cc1cccc(F)c1CC[C@@H]1CN[C@H](COC(=O)CCC(F)(F)F)CO1)C[C@H](c1ccccc1)c1ccncc1. The summed E-state index contributed by atoms with van der Waals surface area (Å²) in [6, 6.07) is 18.0. The number of hydrogen-bond donors (Lipinski definition) is 1. The summed E-state index contributed by atoms with van der Waals surface area (Å²) in [5, 5.41) is 3.17. The van der Waals surface area contributed by atoms with Crippen LogP contribution in [-0.4, -0.2) is 54.8 Å². The van der Waals surface area contributed by atoms with Crippen molar-refractivity contribution in [2.75, 3.05) is 19.8 Å². The molecule has 1 saturated heterocycles. The monoisotopic (exact) mass is 586 g/mol. The molecule has 2 aromatic carbocycles. The second-order valence-electron chi connectivity index (χ2n) is 10.4. The summed E-state index contributed by atoms with van der Waals surface area (Å²) in [6.45, 7) is 0.528. The van der Waals surface area contributed by atoms with Crippen LogP contribution in [0.2, 0.25) is 0 Å². The van der Waals surface area contributed by atoms with Crippen molar-refractivity contribution in [3.8, 4) is 0 Å². The van der Waals surface area contributed by atoms with Gasteiger partial charge in [0.2, 0.25) is 0 Å². The van der Waals surface area contributed by atoms with E-state index >= 15 is 0 Å². The van der Waals surface area contributed by atoms with Gasteiger partial charge >= 0.3 is 12.1 Å². The summed E-state index contributed by atoms with van der Waals surface area (Å²) >= 11 is 0. The Labute approximate surface area is 242 Å². The van der Waals surface area contributed by atoms with Gasteiger partial charge < -0.3 is 14.8 Å². The average Bonchev–Trinajstić information content (AvgIpc) is 2.98. The molecular formula is C32H34F4N2O4. The van der Waals surface area contributed by atoms with Crippen molar-refractivity contribution in [2.24, 2.45) is 0 Å². The number of nitrogens with zero attached hydrogens (tertiary/aromatic N) is 1. The third-order valence-corrected chi connectivity index (χ3v) is 7.29. The zero-order valence-electron chi connectivity index (χ0n) is 23.1. The summed E-state index contributed by atoms with van der Waals surface area (Å²) in [6.07, 6.45) is -1.94. The third-order valence-electron chi connectivity index (χ3n) is 7.29. The molecule has 0 saturated carbocycles. The first-order valence-electron chi connectivity index (χ1n) is 14.0. The van der Waals surface area contributed by atoms with Crippen LogP contribution in [-0.2, 0) is 31.9 Å². The predicted octanol–water partition coefficient (Wildman–Crippen LogP) is 5.73. The Morgan fingerprint density at radius 1 is 1.02 bits per heavy atom. The Morgan fingerprint density at radius 3 is 2.45 bits per heavy atom.